The Bertz CT molecular complexity index is 193. The number of aryl methyl sites for hydroxylation is 1. The third-order valence-electron chi connectivity index (χ3n) is 1.24. The first-order valence-electron chi connectivity index (χ1n) is 2.81. The lowest BCUT2D eigenvalue weighted by atomic mass is 10.2. The van der Waals surface area contributed by atoms with Crippen LogP contribution in [0, 0.1) is 6.92 Å². The predicted molar refractivity (Wildman–Crippen MR) is 31.9 cm³/mol. The molecule has 3 heteroatoms. The Hall–Kier alpha value is -0.830. The van der Waals surface area contributed by atoms with Crippen molar-refractivity contribution in [3.05, 3.63) is 17.5 Å². The standard InChI is InChI=1S/C6H9NO2/c1-4(8)6-3-7-9-5(6)2/h3-4,8H,1-2H3/t4-/m0/s1. The summed E-state index contributed by atoms with van der Waals surface area (Å²) in [5, 5.41) is 12.5. The number of aliphatic hydroxyl groups excluding tert-OH is 1. The average Bonchev–Trinajstić information content (AvgIpc) is 2.13. The van der Waals surface area contributed by atoms with Crippen LogP contribution in [0.3, 0.4) is 0 Å². The number of hydrogen-bond donors (Lipinski definition) is 1. The van der Waals surface area contributed by atoms with E-state index in [1.807, 2.05) is 0 Å². The minimum absolute atomic E-state index is 0.476. The molecule has 50 valence electrons. The van der Waals surface area contributed by atoms with Gasteiger partial charge in [-0.05, 0) is 13.8 Å². The Morgan fingerprint density at radius 2 is 2.44 bits per heavy atom. The molecule has 1 N–H and O–H groups in total. The van der Waals surface area contributed by atoms with Crippen LogP contribution >= 0.6 is 0 Å². The molecule has 0 aliphatic carbocycles. The van der Waals surface area contributed by atoms with E-state index in [0.29, 0.717) is 5.76 Å². The van der Waals surface area contributed by atoms with Crippen LogP contribution < -0.4 is 0 Å². The van der Waals surface area contributed by atoms with Gasteiger partial charge in [0.15, 0.2) is 0 Å². The second-order valence-corrected chi connectivity index (χ2v) is 2.01. The van der Waals surface area contributed by atoms with Crippen LogP contribution in [0.4, 0.5) is 0 Å². The quantitative estimate of drug-likeness (QED) is 0.613. The first-order chi connectivity index (χ1) is 4.22. The Morgan fingerprint density at radius 3 is 2.67 bits per heavy atom. The van der Waals surface area contributed by atoms with Crippen molar-refractivity contribution in [2.75, 3.05) is 0 Å². The molecule has 1 aromatic rings. The molecule has 0 spiro atoms. The smallest absolute Gasteiger partial charge is 0.139 e. The maximum Gasteiger partial charge on any atom is 0.139 e. The van der Waals surface area contributed by atoms with E-state index in [4.69, 9.17) is 9.63 Å². The molecule has 0 unspecified atom stereocenters. The normalized spacial score (nSPS) is 13.7. The molecular formula is C6H9NO2. The van der Waals surface area contributed by atoms with Crippen molar-refractivity contribution in [2.24, 2.45) is 0 Å². The van der Waals surface area contributed by atoms with E-state index >= 15 is 0 Å². The third kappa shape index (κ3) is 1.10. The molecule has 0 fully saturated rings. The molecule has 0 aromatic carbocycles. The number of aromatic nitrogens is 1. The molecule has 0 saturated heterocycles. The molecule has 1 heterocycles. The monoisotopic (exact) mass is 127 g/mol. The van der Waals surface area contributed by atoms with Crippen molar-refractivity contribution in [1.82, 2.24) is 5.16 Å². The highest BCUT2D eigenvalue weighted by atomic mass is 16.5. The van der Waals surface area contributed by atoms with Crippen LogP contribution in [-0.4, -0.2) is 10.3 Å². The fourth-order valence-electron chi connectivity index (χ4n) is 0.708. The van der Waals surface area contributed by atoms with Gasteiger partial charge < -0.3 is 9.63 Å². The van der Waals surface area contributed by atoms with Crippen molar-refractivity contribution < 1.29 is 9.63 Å². The predicted octanol–water partition coefficient (Wildman–Crippen LogP) is 1.04. The highest BCUT2D eigenvalue weighted by Gasteiger charge is 2.06. The highest BCUT2D eigenvalue weighted by molar-refractivity contribution is 5.13. The van der Waals surface area contributed by atoms with E-state index < -0.39 is 6.10 Å². The minimum Gasteiger partial charge on any atom is -0.389 e. The molecule has 0 radical (unpaired) electrons. The molecule has 9 heavy (non-hydrogen) atoms. The lowest BCUT2D eigenvalue weighted by Crippen LogP contribution is -1.89. The maximum absolute atomic E-state index is 8.99. The van der Waals surface area contributed by atoms with Crippen LogP contribution in [0.1, 0.15) is 24.4 Å². The van der Waals surface area contributed by atoms with Gasteiger partial charge >= 0.3 is 0 Å². The van der Waals surface area contributed by atoms with Crippen molar-refractivity contribution in [3.63, 3.8) is 0 Å². The fraction of sp³-hybridized carbons (Fsp3) is 0.500. The summed E-state index contributed by atoms with van der Waals surface area (Å²) >= 11 is 0. The lowest BCUT2D eigenvalue weighted by Gasteiger charge is -1.96. The number of hydrogen-bond acceptors (Lipinski definition) is 3. The van der Waals surface area contributed by atoms with E-state index in [9.17, 15) is 0 Å². The highest BCUT2D eigenvalue weighted by Crippen LogP contribution is 2.14. The van der Waals surface area contributed by atoms with E-state index in [1.54, 1.807) is 13.8 Å². The minimum atomic E-state index is -0.476. The number of aliphatic hydroxyl groups is 1. The Kier molecular flexibility index (Phi) is 1.53. The van der Waals surface area contributed by atoms with Crippen LogP contribution in [0.2, 0.25) is 0 Å². The van der Waals surface area contributed by atoms with Crippen LogP contribution in [0.15, 0.2) is 10.7 Å². The Morgan fingerprint density at radius 1 is 1.78 bits per heavy atom. The summed E-state index contributed by atoms with van der Waals surface area (Å²) in [5.41, 5.74) is 0.759. The molecule has 0 aliphatic heterocycles. The van der Waals surface area contributed by atoms with Crippen LogP contribution in [0.25, 0.3) is 0 Å². The van der Waals surface area contributed by atoms with Gasteiger partial charge in [-0.25, -0.2) is 0 Å². The number of nitrogens with zero attached hydrogens (tertiary/aromatic N) is 1. The van der Waals surface area contributed by atoms with Crippen LogP contribution in [0.5, 0.6) is 0 Å². The van der Waals surface area contributed by atoms with Crippen molar-refractivity contribution in [2.45, 2.75) is 20.0 Å². The molecule has 1 rings (SSSR count). The van der Waals surface area contributed by atoms with E-state index in [2.05, 4.69) is 5.16 Å². The average molecular weight is 127 g/mol. The molecule has 0 aliphatic rings. The van der Waals surface area contributed by atoms with Gasteiger partial charge in [0.05, 0.1) is 12.3 Å². The summed E-state index contributed by atoms with van der Waals surface area (Å²) in [6.07, 6.45) is 1.05. The molecular weight excluding hydrogens is 118 g/mol. The molecule has 0 saturated carbocycles. The topological polar surface area (TPSA) is 46.3 Å². The van der Waals surface area contributed by atoms with Crippen LogP contribution in [-0.2, 0) is 0 Å². The van der Waals surface area contributed by atoms with Crippen molar-refractivity contribution in [1.29, 1.82) is 0 Å². The van der Waals surface area contributed by atoms with Crippen molar-refractivity contribution in [3.8, 4) is 0 Å². The first kappa shape index (κ1) is 6.29. The number of rotatable bonds is 1. The maximum atomic E-state index is 8.99. The van der Waals surface area contributed by atoms with Gasteiger partial charge in [0.1, 0.15) is 5.76 Å². The zero-order chi connectivity index (χ0) is 6.85. The van der Waals surface area contributed by atoms with Gasteiger partial charge in [-0.2, -0.15) is 0 Å². The summed E-state index contributed by atoms with van der Waals surface area (Å²) in [7, 11) is 0. The second kappa shape index (κ2) is 2.19. The Labute approximate surface area is 53.3 Å². The van der Waals surface area contributed by atoms with E-state index in [0.717, 1.165) is 5.56 Å². The lowest BCUT2D eigenvalue weighted by molar-refractivity contribution is 0.197. The summed E-state index contributed by atoms with van der Waals surface area (Å²) in [6.45, 7) is 3.45. The zero-order valence-electron chi connectivity index (χ0n) is 5.46. The molecule has 0 amide bonds. The summed E-state index contributed by atoms with van der Waals surface area (Å²) in [6, 6.07) is 0. The fourth-order valence-corrected chi connectivity index (χ4v) is 0.708. The summed E-state index contributed by atoms with van der Waals surface area (Å²) in [4.78, 5) is 0. The Balaban J connectivity index is 2.94. The second-order valence-electron chi connectivity index (χ2n) is 2.01. The summed E-state index contributed by atoms with van der Waals surface area (Å²) in [5.74, 6) is 0.685. The van der Waals surface area contributed by atoms with Gasteiger partial charge in [-0.3, -0.25) is 0 Å². The van der Waals surface area contributed by atoms with Gasteiger partial charge in [-0.15, -0.1) is 0 Å². The largest absolute Gasteiger partial charge is 0.389 e. The zero-order valence-corrected chi connectivity index (χ0v) is 5.46. The van der Waals surface area contributed by atoms with Crippen molar-refractivity contribution >= 4 is 0 Å². The van der Waals surface area contributed by atoms with Gasteiger partial charge in [0.2, 0.25) is 0 Å². The molecule has 1 atom stereocenters. The molecule has 1 aromatic heterocycles. The molecule has 0 bridgehead atoms. The van der Waals surface area contributed by atoms with E-state index in [-0.39, 0.29) is 0 Å². The SMILES string of the molecule is Cc1oncc1[C@H](C)O. The third-order valence-corrected chi connectivity index (χ3v) is 1.24. The van der Waals surface area contributed by atoms with E-state index in [1.165, 1.54) is 6.20 Å². The molecule has 3 nitrogen and oxygen atoms in total. The van der Waals surface area contributed by atoms with Gasteiger partial charge in [-0.1, -0.05) is 5.16 Å². The van der Waals surface area contributed by atoms with Gasteiger partial charge in [0, 0.05) is 5.56 Å². The summed E-state index contributed by atoms with van der Waals surface area (Å²) < 4.78 is 4.72. The van der Waals surface area contributed by atoms with Gasteiger partial charge in [0.25, 0.3) is 0 Å². The first-order valence-corrected chi connectivity index (χ1v) is 2.81.